The molecule has 1 atom stereocenters. The normalized spacial score (nSPS) is 11.0. The summed E-state index contributed by atoms with van der Waals surface area (Å²) in [7, 11) is 1.54. The molecule has 6 heteroatoms. The van der Waals surface area contributed by atoms with Crippen LogP contribution < -0.4 is 10.1 Å². The lowest BCUT2D eigenvalue weighted by Gasteiger charge is -2.18. The molecule has 0 aliphatic heterocycles. The molecule has 1 unspecified atom stereocenters. The van der Waals surface area contributed by atoms with E-state index >= 15 is 0 Å². The molecule has 0 fully saturated rings. The maximum atomic E-state index is 11.9. The number of rotatable bonds is 7. The van der Waals surface area contributed by atoms with E-state index in [9.17, 15) is 9.59 Å². The van der Waals surface area contributed by atoms with Crippen LogP contribution in [0, 0.1) is 11.3 Å². The van der Waals surface area contributed by atoms with Crippen molar-refractivity contribution in [3.8, 4) is 11.8 Å². The second-order valence-electron chi connectivity index (χ2n) is 4.70. The average Bonchev–Trinajstić information content (AvgIpc) is 2.52. The number of amides is 2. The Morgan fingerprint density at radius 2 is 2.09 bits per heavy atom. The number of nitrogens with zero attached hydrogens (tertiary/aromatic N) is 2. The van der Waals surface area contributed by atoms with Crippen LogP contribution in [0.2, 0.25) is 0 Å². The third-order valence-electron chi connectivity index (χ3n) is 2.99. The van der Waals surface area contributed by atoms with Crippen molar-refractivity contribution in [2.75, 3.05) is 20.2 Å². The smallest absolute Gasteiger partial charge is 0.246 e. The van der Waals surface area contributed by atoms with Crippen molar-refractivity contribution in [1.82, 2.24) is 10.2 Å². The maximum Gasteiger partial charge on any atom is 0.246 e. The van der Waals surface area contributed by atoms with Gasteiger partial charge < -0.3 is 15.0 Å². The molecule has 0 aliphatic rings. The average molecular weight is 301 g/mol. The monoisotopic (exact) mass is 301 g/mol. The van der Waals surface area contributed by atoms with Gasteiger partial charge in [-0.15, -0.1) is 0 Å². The zero-order valence-electron chi connectivity index (χ0n) is 12.7. The molecule has 1 N–H and O–H groups in total. The minimum absolute atomic E-state index is 0.00466. The molecule has 1 aromatic rings. The SMILES string of the molecule is C=CC(=O)N(C)CC(=O)NC(C)c1ccc(OCC#N)cc1. The Labute approximate surface area is 130 Å². The molecule has 0 aliphatic carbocycles. The molecule has 22 heavy (non-hydrogen) atoms. The molecule has 0 saturated heterocycles. The zero-order valence-corrected chi connectivity index (χ0v) is 12.7. The van der Waals surface area contributed by atoms with Gasteiger partial charge in [-0.05, 0) is 30.7 Å². The van der Waals surface area contributed by atoms with Gasteiger partial charge in [-0.25, -0.2) is 0 Å². The van der Waals surface area contributed by atoms with Crippen molar-refractivity contribution in [2.24, 2.45) is 0 Å². The Balaban J connectivity index is 2.55. The fourth-order valence-corrected chi connectivity index (χ4v) is 1.79. The van der Waals surface area contributed by atoms with Crippen molar-refractivity contribution < 1.29 is 14.3 Å². The van der Waals surface area contributed by atoms with Gasteiger partial charge in [0.05, 0.1) is 12.6 Å². The number of carbonyl (C=O) groups is 2. The Hall–Kier alpha value is -2.81. The molecule has 0 spiro atoms. The molecule has 0 heterocycles. The van der Waals surface area contributed by atoms with Crippen LogP contribution in [0.1, 0.15) is 18.5 Å². The lowest BCUT2D eigenvalue weighted by Crippen LogP contribution is -2.38. The third kappa shape index (κ3) is 5.29. The topological polar surface area (TPSA) is 82.4 Å². The highest BCUT2D eigenvalue weighted by Gasteiger charge is 2.13. The van der Waals surface area contributed by atoms with Crippen LogP contribution in [-0.4, -0.2) is 36.9 Å². The van der Waals surface area contributed by atoms with Gasteiger partial charge in [0, 0.05) is 7.05 Å². The highest BCUT2D eigenvalue weighted by atomic mass is 16.5. The summed E-state index contributed by atoms with van der Waals surface area (Å²) in [5.41, 5.74) is 0.898. The first-order chi connectivity index (χ1) is 10.5. The fourth-order valence-electron chi connectivity index (χ4n) is 1.79. The highest BCUT2D eigenvalue weighted by Crippen LogP contribution is 2.17. The molecule has 1 rings (SSSR count). The van der Waals surface area contributed by atoms with E-state index in [1.165, 1.54) is 11.9 Å². The maximum absolute atomic E-state index is 11.9. The van der Waals surface area contributed by atoms with Gasteiger partial charge in [-0.1, -0.05) is 18.7 Å². The van der Waals surface area contributed by atoms with Gasteiger partial charge in [0.1, 0.15) is 11.8 Å². The lowest BCUT2D eigenvalue weighted by atomic mass is 10.1. The summed E-state index contributed by atoms with van der Waals surface area (Å²) < 4.78 is 5.16. The summed E-state index contributed by atoms with van der Waals surface area (Å²) in [6.45, 7) is 5.18. The standard InChI is InChI=1S/C16H19N3O3/c1-4-16(21)19(3)11-15(20)18-12(2)13-5-7-14(8-6-13)22-10-9-17/h4-8,12H,1,10-11H2,2-3H3,(H,18,20). The zero-order chi connectivity index (χ0) is 16.5. The van der Waals surface area contributed by atoms with Crippen LogP contribution in [-0.2, 0) is 9.59 Å². The van der Waals surface area contributed by atoms with Crippen LogP contribution >= 0.6 is 0 Å². The Morgan fingerprint density at radius 3 is 2.64 bits per heavy atom. The largest absolute Gasteiger partial charge is 0.479 e. The molecule has 0 aromatic heterocycles. The van der Waals surface area contributed by atoms with Gasteiger partial charge >= 0.3 is 0 Å². The number of benzene rings is 1. The second-order valence-corrected chi connectivity index (χ2v) is 4.70. The number of carbonyl (C=O) groups excluding carboxylic acids is 2. The van der Waals surface area contributed by atoms with Crippen molar-refractivity contribution in [3.63, 3.8) is 0 Å². The first-order valence-corrected chi connectivity index (χ1v) is 6.74. The summed E-state index contributed by atoms with van der Waals surface area (Å²) in [6, 6.07) is 8.80. The van der Waals surface area contributed by atoms with E-state index in [1.54, 1.807) is 12.1 Å². The van der Waals surface area contributed by atoms with Crippen LogP contribution in [0.5, 0.6) is 5.75 Å². The number of hydrogen-bond acceptors (Lipinski definition) is 4. The van der Waals surface area contributed by atoms with Gasteiger partial charge in [0.2, 0.25) is 11.8 Å². The highest BCUT2D eigenvalue weighted by molar-refractivity contribution is 5.90. The molecule has 116 valence electrons. The van der Waals surface area contributed by atoms with Crippen LogP contribution in [0.25, 0.3) is 0 Å². The minimum Gasteiger partial charge on any atom is -0.479 e. The summed E-state index contributed by atoms with van der Waals surface area (Å²) in [4.78, 5) is 24.5. The van der Waals surface area contributed by atoms with Crippen molar-refractivity contribution in [1.29, 1.82) is 5.26 Å². The summed E-state index contributed by atoms with van der Waals surface area (Å²) in [5, 5.41) is 11.3. The molecule has 2 amide bonds. The Morgan fingerprint density at radius 1 is 1.45 bits per heavy atom. The first kappa shape index (κ1) is 17.2. The van der Waals surface area contributed by atoms with Crippen molar-refractivity contribution in [3.05, 3.63) is 42.5 Å². The van der Waals surface area contributed by atoms with E-state index in [0.29, 0.717) is 5.75 Å². The number of nitriles is 1. The van der Waals surface area contributed by atoms with E-state index in [1.807, 2.05) is 25.1 Å². The first-order valence-electron chi connectivity index (χ1n) is 6.74. The molecule has 0 bridgehead atoms. The molecular formula is C16H19N3O3. The van der Waals surface area contributed by atoms with E-state index in [4.69, 9.17) is 10.00 Å². The Kier molecular flexibility index (Phi) is 6.64. The number of hydrogen-bond donors (Lipinski definition) is 1. The summed E-state index contributed by atoms with van der Waals surface area (Å²) in [6.07, 6.45) is 1.16. The van der Waals surface area contributed by atoms with Gasteiger partial charge in [-0.3, -0.25) is 9.59 Å². The van der Waals surface area contributed by atoms with Gasteiger partial charge in [0.25, 0.3) is 0 Å². The second kappa shape index (κ2) is 8.47. The summed E-state index contributed by atoms with van der Waals surface area (Å²) >= 11 is 0. The van der Waals surface area contributed by atoms with Crippen LogP contribution in [0.4, 0.5) is 0 Å². The molecular weight excluding hydrogens is 282 g/mol. The van der Waals surface area contributed by atoms with Gasteiger partial charge in [0.15, 0.2) is 6.61 Å². The van der Waals surface area contributed by atoms with E-state index < -0.39 is 0 Å². The number of ether oxygens (including phenoxy) is 1. The van der Waals surface area contributed by atoms with E-state index in [0.717, 1.165) is 11.6 Å². The molecule has 1 aromatic carbocycles. The molecule has 0 radical (unpaired) electrons. The van der Waals surface area contributed by atoms with Crippen LogP contribution in [0.15, 0.2) is 36.9 Å². The molecule has 0 saturated carbocycles. The number of nitrogens with one attached hydrogen (secondary N) is 1. The predicted molar refractivity (Wildman–Crippen MR) is 81.9 cm³/mol. The van der Waals surface area contributed by atoms with Gasteiger partial charge in [-0.2, -0.15) is 5.26 Å². The number of likely N-dealkylation sites (N-methyl/N-ethyl adjacent to an activating group) is 1. The lowest BCUT2D eigenvalue weighted by molar-refractivity contribution is -0.131. The third-order valence-corrected chi connectivity index (χ3v) is 2.99. The minimum atomic E-state index is -0.304. The van der Waals surface area contributed by atoms with Crippen LogP contribution in [0.3, 0.4) is 0 Å². The van der Waals surface area contributed by atoms with E-state index in [2.05, 4.69) is 11.9 Å². The Bertz CT molecular complexity index is 575. The summed E-state index contributed by atoms with van der Waals surface area (Å²) in [5.74, 6) is 0.0388. The predicted octanol–water partition coefficient (Wildman–Crippen LogP) is 1.41. The molecule has 6 nitrogen and oxygen atoms in total. The quantitative estimate of drug-likeness (QED) is 0.772. The fraction of sp³-hybridized carbons (Fsp3) is 0.312. The van der Waals surface area contributed by atoms with E-state index in [-0.39, 0.29) is 31.0 Å². The van der Waals surface area contributed by atoms with Crippen molar-refractivity contribution in [2.45, 2.75) is 13.0 Å². The van der Waals surface area contributed by atoms with Crippen molar-refractivity contribution >= 4 is 11.8 Å².